The van der Waals surface area contributed by atoms with Crippen LogP contribution in [0.25, 0.3) is 0 Å². The van der Waals surface area contributed by atoms with Crippen LogP contribution in [0.15, 0.2) is 6.20 Å². The molecule has 0 atom stereocenters. The van der Waals surface area contributed by atoms with Gasteiger partial charge in [0.15, 0.2) is 0 Å². The number of aromatic nitrogens is 2. The van der Waals surface area contributed by atoms with Crippen LogP contribution in [0, 0.1) is 6.92 Å². The summed E-state index contributed by atoms with van der Waals surface area (Å²) in [5.74, 6) is 1.18. The summed E-state index contributed by atoms with van der Waals surface area (Å²) in [5, 5.41) is 0. The number of anilines is 1. The van der Waals surface area contributed by atoms with Gasteiger partial charge in [0.25, 0.3) is 0 Å². The Bertz CT molecular complexity index is 279. The van der Waals surface area contributed by atoms with Crippen molar-refractivity contribution in [1.82, 2.24) is 9.97 Å². The molecule has 0 aromatic carbocycles. The monoisotopic (exact) mass is 149 g/mol. The lowest BCUT2D eigenvalue weighted by molar-refractivity contribution is 0.953. The summed E-state index contributed by atoms with van der Waals surface area (Å²) in [5.41, 5.74) is 7.65. The molecule has 3 heteroatoms. The summed E-state index contributed by atoms with van der Waals surface area (Å²) in [6, 6.07) is 0. The van der Waals surface area contributed by atoms with Gasteiger partial charge in [0.2, 0.25) is 0 Å². The Morgan fingerprint density at radius 2 is 2.27 bits per heavy atom. The quantitative estimate of drug-likeness (QED) is 0.653. The van der Waals surface area contributed by atoms with Crippen molar-refractivity contribution in [2.75, 3.05) is 5.73 Å². The zero-order valence-corrected chi connectivity index (χ0v) is 6.54. The summed E-state index contributed by atoms with van der Waals surface area (Å²) in [4.78, 5) is 8.40. The smallest absolute Gasteiger partial charge is 0.142 e. The lowest BCUT2D eigenvalue weighted by Crippen LogP contribution is -1.99. The zero-order chi connectivity index (χ0) is 7.84. The number of aryl methyl sites for hydroxylation is 1. The Hall–Kier alpha value is -1.12. The normalized spacial score (nSPS) is 16.8. The molecule has 1 aliphatic carbocycles. The highest BCUT2D eigenvalue weighted by Gasteiger charge is 2.27. The van der Waals surface area contributed by atoms with Crippen molar-refractivity contribution in [3.63, 3.8) is 0 Å². The van der Waals surface area contributed by atoms with Crippen molar-refractivity contribution >= 4 is 5.82 Å². The number of nitrogens with zero attached hydrogens (tertiary/aromatic N) is 2. The molecule has 2 rings (SSSR count). The lowest BCUT2D eigenvalue weighted by Gasteiger charge is -2.01. The Balaban J connectivity index is 2.42. The second-order valence-electron chi connectivity index (χ2n) is 3.04. The van der Waals surface area contributed by atoms with Gasteiger partial charge >= 0.3 is 0 Å². The van der Waals surface area contributed by atoms with E-state index in [1.165, 1.54) is 12.8 Å². The number of nitrogens with two attached hydrogens (primary N) is 1. The Labute approximate surface area is 65.7 Å². The van der Waals surface area contributed by atoms with E-state index in [0.29, 0.717) is 11.7 Å². The molecule has 1 fully saturated rings. The Kier molecular flexibility index (Phi) is 1.31. The SMILES string of the molecule is Cc1ncc(N)nc1C1CC1. The van der Waals surface area contributed by atoms with Crippen LogP contribution >= 0.6 is 0 Å². The van der Waals surface area contributed by atoms with Gasteiger partial charge in [-0.15, -0.1) is 0 Å². The molecule has 0 bridgehead atoms. The molecule has 1 heterocycles. The molecular weight excluding hydrogens is 138 g/mol. The van der Waals surface area contributed by atoms with Crippen LogP contribution in [0.1, 0.15) is 30.1 Å². The van der Waals surface area contributed by atoms with Crippen molar-refractivity contribution in [3.05, 3.63) is 17.6 Å². The van der Waals surface area contributed by atoms with Crippen molar-refractivity contribution in [1.29, 1.82) is 0 Å². The highest BCUT2D eigenvalue weighted by molar-refractivity contribution is 5.30. The molecule has 0 radical (unpaired) electrons. The van der Waals surface area contributed by atoms with Gasteiger partial charge in [-0.05, 0) is 19.8 Å². The first-order valence-corrected chi connectivity index (χ1v) is 3.86. The standard InChI is InChI=1S/C8H11N3/c1-5-8(6-2-3-6)11-7(9)4-10-5/h4,6H,2-3H2,1H3,(H2,9,11). The fraction of sp³-hybridized carbons (Fsp3) is 0.500. The topological polar surface area (TPSA) is 51.8 Å². The molecule has 1 aromatic heterocycles. The summed E-state index contributed by atoms with van der Waals surface area (Å²) < 4.78 is 0. The molecule has 58 valence electrons. The number of hydrogen-bond acceptors (Lipinski definition) is 3. The van der Waals surface area contributed by atoms with E-state index in [9.17, 15) is 0 Å². The van der Waals surface area contributed by atoms with E-state index in [-0.39, 0.29) is 0 Å². The van der Waals surface area contributed by atoms with Crippen molar-refractivity contribution in [3.8, 4) is 0 Å². The third-order valence-corrected chi connectivity index (χ3v) is 1.97. The highest BCUT2D eigenvalue weighted by Crippen LogP contribution is 2.40. The van der Waals surface area contributed by atoms with Gasteiger partial charge < -0.3 is 5.73 Å². The largest absolute Gasteiger partial charge is 0.382 e. The number of nitrogen functional groups attached to an aromatic ring is 1. The van der Waals surface area contributed by atoms with Crippen LogP contribution < -0.4 is 5.73 Å². The fourth-order valence-electron chi connectivity index (χ4n) is 1.22. The maximum Gasteiger partial charge on any atom is 0.142 e. The van der Waals surface area contributed by atoms with E-state index < -0.39 is 0 Å². The molecule has 1 aliphatic rings. The fourth-order valence-corrected chi connectivity index (χ4v) is 1.22. The van der Waals surface area contributed by atoms with E-state index in [2.05, 4.69) is 9.97 Å². The van der Waals surface area contributed by atoms with Crippen LogP contribution in [0.3, 0.4) is 0 Å². The minimum Gasteiger partial charge on any atom is -0.382 e. The highest BCUT2D eigenvalue weighted by atomic mass is 14.9. The van der Waals surface area contributed by atoms with E-state index in [0.717, 1.165) is 11.4 Å². The van der Waals surface area contributed by atoms with Crippen LogP contribution in [-0.2, 0) is 0 Å². The summed E-state index contributed by atoms with van der Waals surface area (Å²) in [6.07, 6.45) is 4.11. The third kappa shape index (κ3) is 1.18. The van der Waals surface area contributed by atoms with E-state index >= 15 is 0 Å². The predicted molar refractivity (Wildman–Crippen MR) is 43.2 cm³/mol. The second-order valence-corrected chi connectivity index (χ2v) is 3.04. The first-order valence-electron chi connectivity index (χ1n) is 3.86. The van der Waals surface area contributed by atoms with Crippen molar-refractivity contribution in [2.24, 2.45) is 0 Å². The predicted octanol–water partition coefficient (Wildman–Crippen LogP) is 1.24. The number of hydrogen-bond donors (Lipinski definition) is 1. The molecule has 0 saturated heterocycles. The molecule has 1 saturated carbocycles. The summed E-state index contributed by atoms with van der Waals surface area (Å²) in [6.45, 7) is 1.99. The third-order valence-electron chi connectivity index (χ3n) is 1.97. The van der Waals surface area contributed by atoms with E-state index in [4.69, 9.17) is 5.73 Å². The first-order chi connectivity index (χ1) is 5.27. The van der Waals surface area contributed by atoms with Gasteiger partial charge in [-0.2, -0.15) is 0 Å². The molecule has 1 aromatic rings. The Morgan fingerprint density at radius 3 is 2.91 bits per heavy atom. The molecule has 3 nitrogen and oxygen atoms in total. The van der Waals surface area contributed by atoms with E-state index in [1.54, 1.807) is 6.20 Å². The van der Waals surface area contributed by atoms with Crippen molar-refractivity contribution < 1.29 is 0 Å². The lowest BCUT2D eigenvalue weighted by atomic mass is 10.2. The Morgan fingerprint density at radius 1 is 1.55 bits per heavy atom. The maximum atomic E-state index is 5.52. The minimum atomic E-state index is 0.539. The van der Waals surface area contributed by atoms with Gasteiger partial charge in [0.1, 0.15) is 5.82 Å². The first kappa shape index (κ1) is 6.58. The molecule has 0 spiro atoms. The average Bonchev–Trinajstić information content (AvgIpc) is 2.76. The van der Waals surface area contributed by atoms with Gasteiger partial charge in [-0.1, -0.05) is 0 Å². The molecule has 0 amide bonds. The van der Waals surface area contributed by atoms with Gasteiger partial charge in [-0.25, -0.2) is 4.98 Å². The second kappa shape index (κ2) is 2.19. The molecular formula is C8H11N3. The van der Waals surface area contributed by atoms with Gasteiger partial charge in [0, 0.05) is 5.92 Å². The summed E-state index contributed by atoms with van der Waals surface area (Å²) >= 11 is 0. The number of rotatable bonds is 1. The zero-order valence-electron chi connectivity index (χ0n) is 6.54. The molecule has 11 heavy (non-hydrogen) atoms. The average molecular weight is 149 g/mol. The van der Waals surface area contributed by atoms with Gasteiger partial charge in [0.05, 0.1) is 17.6 Å². The molecule has 0 unspecified atom stereocenters. The van der Waals surface area contributed by atoms with Crippen LogP contribution in [0.2, 0.25) is 0 Å². The van der Waals surface area contributed by atoms with E-state index in [1.807, 2.05) is 6.92 Å². The van der Waals surface area contributed by atoms with Crippen LogP contribution in [0.4, 0.5) is 5.82 Å². The van der Waals surface area contributed by atoms with Crippen LogP contribution in [0.5, 0.6) is 0 Å². The van der Waals surface area contributed by atoms with Crippen LogP contribution in [-0.4, -0.2) is 9.97 Å². The minimum absolute atomic E-state index is 0.539. The molecule has 2 N–H and O–H groups in total. The van der Waals surface area contributed by atoms with Crippen molar-refractivity contribution in [2.45, 2.75) is 25.7 Å². The maximum absolute atomic E-state index is 5.52. The summed E-state index contributed by atoms with van der Waals surface area (Å²) in [7, 11) is 0. The molecule has 0 aliphatic heterocycles. The van der Waals surface area contributed by atoms with Gasteiger partial charge in [-0.3, -0.25) is 4.98 Å².